The van der Waals surface area contributed by atoms with Gasteiger partial charge in [0.25, 0.3) is 0 Å². The van der Waals surface area contributed by atoms with Crippen molar-refractivity contribution >= 4 is 87.4 Å². The number of para-hydroxylation sites is 2. The molecule has 13 aromatic rings. The summed E-state index contributed by atoms with van der Waals surface area (Å²) in [5.74, 6) is 0.596. The molecule has 78 heavy (non-hydrogen) atoms. The van der Waals surface area contributed by atoms with E-state index >= 15 is 13.2 Å². The number of benzene rings is 8. The zero-order valence-electron chi connectivity index (χ0n) is 46.2. The second kappa shape index (κ2) is 16.6. The molecule has 0 radical (unpaired) electrons. The molecule has 0 saturated carbocycles. The van der Waals surface area contributed by atoms with Gasteiger partial charge in [-0.2, -0.15) is 28.1 Å². The summed E-state index contributed by atoms with van der Waals surface area (Å²) in [6, 6.07) is 50.1. The van der Waals surface area contributed by atoms with Gasteiger partial charge in [0.05, 0.1) is 44.4 Å². The van der Waals surface area contributed by atoms with Gasteiger partial charge in [0, 0.05) is 48.7 Å². The molecule has 0 aliphatic rings. The van der Waals surface area contributed by atoms with Crippen LogP contribution < -0.4 is 0 Å². The summed E-state index contributed by atoms with van der Waals surface area (Å²) in [7, 11) is 0. The van der Waals surface area contributed by atoms with Gasteiger partial charge < -0.3 is 8.98 Å². The minimum atomic E-state index is -4.70. The molecule has 13 rings (SSSR count). The maximum absolute atomic E-state index is 15.5. The largest absolute Gasteiger partial charge is 0.454 e. The Morgan fingerprint density at radius 2 is 0.769 bits per heavy atom. The first kappa shape index (κ1) is 49.3. The third-order valence-corrected chi connectivity index (χ3v) is 16.0. The first-order valence-electron chi connectivity index (χ1n) is 26.8. The molecule has 0 N–H and O–H groups in total. The van der Waals surface area contributed by atoms with Gasteiger partial charge in [0.1, 0.15) is 5.58 Å². The second-order valence-electron chi connectivity index (χ2n) is 25.4. The third kappa shape index (κ3) is 7.72. The molecule has 5 heterocycles. The molecule has 7 nitrogen and oxygen atoms in total. The quantitative estimate of drug-likeness (QED) is 0.176. The van der Waals surface area contributed by atoms with Gasteiger partial charge in [-0.15, -0.1) is 0 Å². The van der Waals surface area contributed by atoms with Crippen LogP contribution in [0.4, 0.5) is 13.2 Å². The molecule has 8 aromatic carbocycles. The van der Waals surface area contributed by atoms with Crippen LogP contribution >= 0.6 is 0 Å². The monoisotopic (exact) mass is 1030 g/mol. The van der Waals surface area contributed by atoms with Crippen molar-refractivity contribution in [2.45, 2.75) is 111 Å². The van der Waals surface area contributed by atoms with Crippen molar-refractivity contribution in [3.8, 4) is 29.0 Å². The lowest BCUT2D eigenvalue weighted by atomic mass is 9.85. The van der Waals surface area contributed by atoms with Crippen molar-refractivity contribution in [1.29, 1.82) is 0 Å². The predicted octanol–water partition coefficient (Wildman–Crippen LogP) is 18.9. The lowest BCUT2D eigenvalue weighted by Crippen LogP contribution is -2.13. The Balaban J connectivity index is 1.19. The average Bonchev–Trinajstić information content (AvgIpc) is 4.27. The van der Waals surface area contributed by atoms with Crippen molar-refractivity contribution in [2.24, 2.45) is 0 Å². The molecule has 0 atom stereocenters. The van der Waals surface area contributed by atoms with E-state index in [0.29, 0.717) is 16.9 Å². The molecule has 0 spiro atoms. The average molecular weight is 1040 g/mol. The predicted molar refractivity (Wildman–Crippen MR) is 315 cm³/mol. The summed E-state index contributed by atoms with van der Waals surface area (Å²) < 4.78 is 59.3. The first-order chi connectivity index (χ1) is 36.8. The van der Waals surface area contributed by atoms with Gasteiger partial charge >= 0.3 is 6.18 Å². The highest BCUT2D eigenvalue weighted by molar-refractivity contribution is 6.22. The highest BCUT2D eigenvalue weighted by Crippen LogP contribution is 2.45. The molecule has 0 saturated heterocycles. The topological polar surface area (TPSA) is 66.6 Å². The number of fused-ring (bicyclic) bond motifs is 13. The summed E-state index contributed by atoms with van der Waals surface area (Å²) in [5.41, 5.74) is 10.1. The molecule has 390 valence electrons. The van der Waals surface area contributed by atoms with Crippen molar-refractivity contribution < 1.29 is 17.6 Å². The molecule has 0 aliphatic carbocycles. The highest BCUT2D eigenvalue weighted by atomic mass is 19.4. The van der Waals surface area contributed by atoms with Gasteiger partial charge in [-0.1, -0.05) is 150 Å². The van der Waals surface area contributed by atoms with Crippen LogP contribution in [-0.4, -0.2) is 28.7 Å². The number of hydrogen-bond donors (Lipinski definition) is 0. The van der Waals surface area contributed by atoms with E-state index in [1.165, 1.54) is 28.3 Å². The van der Waals surface area contributed by atoms with E-state index in [9.17, 15) is 0 Å². The number of nitrogens with zero attached hydrogens (tertiary/aromatic N) is 6. The highest BCUT2D eigenvalue weighted by Gasteiger charge is 2.34. The Morgan fingerprint density at radius 1 is 0.359 bits per heavy atom. The van der Waals surface area contributed by atoms with Crippen molar-refractivity contribution in [3.63, 3.8) is 0 Å². The summed E-state index contributed by atoms with van der Waals surface area (Å²) in [4.78, 5) is 16.4. The smallest absolute Gasteiger partial charge is 0.416 e. The normalized spacial score (nSPS) is 13.3. The van der Waals surface area contributed by atoms with Crippen LogP contribution in [-0.2, 0) is 27.8 Å². The van der Waals surface area contributed by atoms with Gasteiger partial charge in [0.15, 0.2) is 11.4 Å². The first-order valence-corrected chi connectivity index (χ1v) is 26.8. The second-order valence-corrected chi connectivity index (χ2v) is 25.4. The van der Waals surface area contributed by atoms with Crippen LogP contribution in [0.1, 0.15) is 111 Å². The molecule has 10 heteroatoms. The Hall–Kier alpha value is -8.24. The Bertz CT molecular complexity index is 4340. The number of alkyl halides is 3. The van der Waals surface area contributed by atoms with Gasteiger partial charge in [-0.05, 0) is 129 Å². The SMILES string of the molecule is CC(C)(C)c1ccc2c(c1)c1cc(C(C)(C)C)ccc1n2-c1nc(-c2cc(C(F)(F)F)ccc2-n2c3ccccc3c3ccc4c5ccccc5oc4c32)nc(-n2c3ccc(C(C)(C)C)cc3c3cc(C(C)(C)C)ccc32)n1. The summed E-state index contributed by atoms with van der Waals surface area (Å²) in [6.45, 7) is 26.5. The van der Waals surface area contributed by atoms with E-state index in [4.69, 9.17) is 19.4 Å². The maximum atomic E-state index is 15.5. The van der Waals surface area contributed by atoms with E-state index in [1.807, 2.05) is 53.1 Å². The zero-order valence-corrected chi connectivity index (χ0v) is 46.2. The summed E-state index contributed by atoms with van der Waals surface area (Å²) >= 11 is 0. The number of rotatable bonds is 4. The van der Waals surface area contributed by atoms with Crippen LogP contribution in [0.25, 0.3) is 116 Å². The van der Waals surface area contributed by atoms with Crippen LogP contribution in [0.2, 0.25) is 0 Å². The number of aromatic nitrogens is 6. The number of halogens is 3. The molecule has 0 fully saturated rings. The standard InChI is InChI=1S/C68H61F3N6O/c1-64(2,3)38-21-28-53-47(33-38)48-34-39(65(4,5)6)22-29-54(48)76(53)62-72-61(73-63(74-62)77-55-30-23-40(66(7,8)9)35-49(55)50-36-41(67(10,11)12)24-31-56(50)77)51-37-42(68(69,70)71)25-32-57(51)75-52-19-15-13-17-43(52)45-26-27-46-44-18-14-16-20-58(44)78-60(46)59(45)75/h13-37H,1-12H3. The molecule has 5 aromatic heterocycles. The molecule has 0 aliphatic heterocycles. The van der Waals surface area contributed by atoms with E-state index in [-0.39, 0.29) is 44.9 Å². The Morgan fingerprint density at radius 3 is 1.23 bits per heavy atom. The van der Waals surface area contributed by atoms with E-state index < -0.39 is 11.7 Å². The van der Waals surface area contributed by atoms with Gasteiger partial charge in [0.2, 0.25) is 11.9 Å². The van der Waals surface area contributed by atoms with Crippen molar-refractivity contribution in [3.05, 3.63) is 179 Å². The summed E-state index contributed by atoms with van der Waals surface area (Å²) in [5, 5.41) is 7.73. The third-order valence-electron chi connectivity index (χ3n) is 16.0. The van der Waals surface area contributed by atoms with E-state index in [1.54, 1.807) is 6.07 Å². The molecular weight excluding hydrogens is 974 g/mol. The molecular formula is C68H61F3N6O. The molecule has 0 unspecified atom stereocenters. The zero-order chi connectivity index (χ0) is 54.7. The number of hydrogen-bond acceptors (Lipinski definition) is 4. The van der Waals surface area contributed by atoms with Crippen molar-refractivity contribution in [1.82, 2.24) is 28.7 Å². The maximum Gasteiger partial charge on any atom is 0.416 e. The summed E-state index contributed by atoms with van der Waals surface area (Å²) in [6.07, 6.45) is -4.70. The minimum absolute atomic E-state index is 0.0686. The van der Waals surface area contributed by atoms with E-state index in [0.717, 1.165) is 82.3 Å². The minimum Gasteiger partial charge on any atom is -0.454 e. The van der Waals surface area contributed by atoms with Crippen LogP contribution in [0.3, 0.4) is 0 Å². The van der Waals surface area contributed by atoms with E-state index in [2.05, 4.69) is 177 Å². The Labute approximate surface area is 451 Å². The van der Waals surface area contributed by atoms with Gasteiger partial charge in [-0.3, -0.25) is 9.13 Å². The van der Waals surface area contributed by atoms with Crippen LogP contribution in [0.5, 0.6) is 0 Å². The molecule has 0 bridgehead atoms. The van der Waals surface area contributed by atoms with Crippen molar-refractivity contribution in [2.75, 3.05) is 0 Å². The fourth-order valence-corrected chi connectivity index (χ4v) is 11.6. The van der Waals surface area contributed by atoms with Crippen LogP contribution in [0, 0.1) is 0 Å². The number of furan rings is 1. The lowest BCUT2D eigenvalue weighted by Gasteiger charge is -2.19. The lowest BCUT2D eigenvalue weighted by molar-refractivity contribution is -0.137. The fraction of sp³-hybridized carbons (Fsp3) is 0.250. The van der Waals surface area contributed by atoms with Crippen LogP contribution in [0.15, 0.2) is 156 Å². The Kier molecular flexibility index (Phi) is 10.5. The molecule has 0 amide bonds. The van der Waals surface area contributed by atoms with Gasteiger partial charge in [-0.25, -0.2) is 0 Å². The fourth-order valence-electron chi connectivity index (χ4n) is 11.6.